The molecule has 4 heterocycles. The van der Waals surface area contributed by atoms with E-state index >= 15 is 0 Å². The number of imidazole rings is 1. The summed E-state index contributed by atoms with van der Waals surface area (Å²) in [7, 11) is 2.04. The maximum atomic E-state index is 4.96. The second kappa shape index (κ2) is 7.92. The quantitative estimate of drug-likeness (QED) is 0.756. The number of aromatic nitrogens is 4. The first kappa shape index (κ1) is 18.6. The average Bonchev–Trinajstić information content (AvgIpc) is 2.97. The van der Waals surface area contributed by atoms with Gasteiger partial charge in [-0.25, -0.2) is 4.98 Å². The standard InChI is InChI=1S/C17H19N5.2ClH/c1-22-11-20-17-15(22)9-14(12-4-7-18-8-5-12)21-16(17)13-3-2-6-19-10-13;;/h2-3,6,9-12,18H,4-5,7-8H2,1H3;2*1H. The van der Waals surface area contributed by atoms with Gasteiger partial charge in [-0.3, -0.25) is 9.97 Å². The molecule has 24 heavy (non-hydrogen) atoms. The van der Waals surface area contributed by atoms with E-state index in [1.165, 1.54) is 5.69 Å². The molecule has 0 amide bonds. The fraction of sp³-hybridized carbons (Fsp3) is 0.353. The van der Waals surface area contributed by atoms with Gasteiger partial charge in [0, 0.05) is 36.6 Å². The molecule has 1 fully saturated rings. The minimum atomic E-state index is 0. The van der Waals surface area contributed by atoms with Crippen molar-refractivity contribution in [3.8, 4) is 11.3 Å². The van der Waals surface area contributed by atoms with Crippen molar-refractivity contribution in [3.05, 3.63) is 42.6 Å². The highest BCUT2D eigenvalue weighted by atomic mass is 35.5. The minimum absolute atomic E-state index is 0. The maximum Gasteiger partial charge on any atom is 0.115 e. The van der Waals surface area contributed by atoms with Crippen LogP contribution in [0, 0.1) is 0 Å². The van der Waals surface area contributed by atoms with Crippen LogP contribution in [0.5, 0.6) is 0 Å². The van der Waals surface area contributed by atoms with Crippen molar-refractivity contribution < 1.29 is 0 Å². The normalized spacial score (nSPS) is 14.9. The Kier molecular flexibility index (Phi) is 6.15. The fourth-order valence-electron chi connectivity index (χ4n) is 3.18. The van der Waals surface area contributed by atoms with E-state index in [4.69, 9.17) is 4.98 Å². The Morgan fingerprint density at radius 1 is 1.21 bits per heavy atom. The number of nitrogens with one attached hydrogen (secondary N) is 1. The molecule has 0 atom stereocenters. The number of rotatable bonds is 2. The zero-order chi connectivity index (χ0) is 14.9. The predicted molar refractivity (Wildman–Crippen MR) is 101 cm³/mol. The first-order valence-corrected chi connectivity index (χ1v) is 7.76. The van der Waals surface area contributed by atoms with Crippen molar-refractivity contribution in [2.24, 2.45) is 7.05 Å². The highest BCUT2D eigenvalue weighted by Gasteiger charge is 2.20. The van der Waals surface area contributed by atoms with Gasteiger partial charge in [-0.1, -0.05) is 0 Å². The summed E-state index contributed by atoms with van der Waals surface area (Å²) in [5.41, 5.74) is 5.24. The third kappa shape index (κ3) is 3.38. The predicted octanol–water partition coefficient (Wildman–Crippen LogP) is 3.34. The van der Waals surface area contributed by atoms with Crippen molar-refractivity contribution in [1.29, 1.82) is 0 Å². The molecule has 0 radical (unpaired) electrons. The molecule has 0 bridgehead atoms. The number of hydrogen-bond acceptors (Lipinski definition) is 4. The van der Waals surface area contributed by atoms with Gasteiger partial charge in [0.05, 0.1) is 17.5 Å². The molecule has 1 aliphatic rings. The zero-order valence-corrected chi connectivity index (χ0v) is 15.1. The summed E-state index contributed by atoms with van der Waals surface area (Å²) in [4.78, 5) is 13.7. The van der Waals surface area contributed by atoms with E-state index in [0.717, 1.165) is 48.2 Å². The summed E-state index contributed by atoms with van der Waals surface area (Å²) < 4.78 is 2.07. The fourth-order valence-corrected chi connectivity index (χ4v) is 3.18. The molecular formula is C17H21Cl2N5. The molecule has 4 rings (SSSR count). The van der Waals surface area contributed by atoms with Gasteiger partial charge >= 0.3 is 0 Å². The summed E-state index contributed by atoms with van der Waals surface area (Å²) in [6, 6.07) is 6.21. The molecule has 5 nitrogen and oxygen atoms in total. The van der Waals surface area contributed by atoms with Crippen LogP contribution in [0.15, 0.2) is 36.9 Å². The molecule has 128 valence electrons. The topological polar surface area (TPSA) is 55.6 Å². The van der Waals surface area contributed by atoms with Crippen molar-refractivity contribution >= 4 is 35.8 Å². The second-order valence-corrected chi connectivity index (χ2v) is 5.88. The molecule has 0 aliphatic carbocycles. The van der Waals surface area contributed by atoms with Crippen molar-refractivity contribution in [1.82, 2.24) is 24.8 Å². The van der Waals surface area contributed by atoms with Crippen LogP contribution >= 0.6 is 24.8 Å². The van der Waals surface area contributed by atoms with Gasteiger partial charge in [-0.05, 0) is 44.1 Å². The molecular weight excluding hydrogens is 345 g/mol. The molecule has 0 saturated carbocycles. The molecule has 1 N–H and O–H groups in total. The molecule has 0 aromatic carbocycles. The summed E-state index contributed by atoms with van der Waals surface area (Å²) >= 11 is 0. The number of halogens is 2. The number of nitrogens with zero attached hydrogens (tertiary/aromatic N) is 4. The number of pyridine rings is 2. The lowest BCUT2D eigenvalue weighted by atomic mass is 9.93. The number of piperidine rings is 1. The number of hydrogen-bond donors (Lipinski definition) is 1. The van der Waals surface area contributed by atoms with Crippen molar-refractivity contribution in [2.75, 3.05) is 13.1 Å². The van der Waals surface area contributed by atoms with E-state index in [0.29, 0.717) is 5.92 Å². The Hall–Kier alpha value is -1.69. The first-order chi connectivity index (χ1) is 10.8. The monoisotopic (exact) mass is 365 g/mol. The van der Waals surface area contributed by atoms with Gasteiger partial charge in [-0.15, -0.1) is 24.8 Å². The van der Waals surface area contributed by atoms with Crippen molar-refractivity contribution in [2.45, 2.75) is 18.8 Å². The third-order valence-electron chi connectivity index (χ3n) is 4.42. The molecule has 0 unspecified atom stereocenters. The Morgan fingerprint density at radius 3 is 2.71 bits per heavy atom. The summed E-state index contributed by atoms with van der Waals surface area (Å²) in [6.45, 7) is 2.13. The first-order valence-electron chi connectivity index (χ1n) is 7.76. The van der Waals surface area contributed by atoms with Crippen LogP contribution in [0.2, 0.25) is 0 Å². The lowest BCUT2D eigenvalue weighted by Crippen LogP contribution is -2.27. The number of fused-ring (bicyclic) bond motifs is 1. The lowest BCUT2D eigenvalue weighted by molar-refractivity contribution is 0.454. The van der Waals surface area contributed by atoms with E-state index < -0.39 is 0 Å². The van der Waals surface area contributed by atoms with Gasteiger partial charge in [0.15, 0.2) is 0 Å². The van der Waals surface area contributed by atoms with E-state index in [9.17, 15) is 0 Å². The van der Waals surface area contributed by atoms with Gasteiger partial charge in [0.25, 0.3) is 0 Å². The highest BCUT2D eigenvalue weighted by molar-refractivity contribution is 5.89. The van der Waals surface area contributed by atoms with Crippen LogP contribution in [0.3, 0.4) is 0 Å². The summed E-state index contributed by atoms with van der Waals surface area (Å²) in [6.07, 6.45) is 7.79. The molecule has 3 aromatic rings. The molecule has 0 spiro atoms. The van der Waals surface area contributed by atoms with E-state index in [1.807, 2.05) is 25.6 Å². The van der Waals surface area contributed by atoms with Gasteiger partial charge in [-0.2, -0.15) is 0 Å². The Bertz CT molecular complexity index is 797. The van der Waals surface area contributed by atoms with Crippen molar-refractivity contribution in [3.63, 3.8) is 0 Å². The summed E-state index contributed by atoms with van der Waals surface area (Å²) in [5.74, 6) is 0.524. The van der Waals surface area contributed by atoms with E-state index in [-0.39, 0.29) is 24.8 Å². The smallest absolute Gasteiger partial charge is 0.115 e. The van der Waals surface area contributed by atoms with E-state index in [1.54, 1.807) is 6.20 Å². The largest absolute Gasteiger partial charge is 0.334 e. The molecule has 1 saturated heterocycles. The second-order valence-electron chi connectivity index (χ2n) is 5.88. The zero-order valence-electron chi connectivity index (χ0n) is 13.5. The van der Waals surface area contributed by atoms with Gasteiger partial charge in [0.1, 0.15) is 5.52 Å². The van der Waals surface area contributed by atoms with Crippen LogP contribution in [0.4, 0.5) is 0 Å². The maximum absolute atomic E-state index is 4.96. The van der Waals surface area contributed by atoms with Crippen LogP contribution in [0.1, 0.15) is 24.5 Å². The lowest BCUT2D eigenvalue weighted by Gasteiger charge is -2.22. The van der Waals surface area contributed by atoms with Gasteiger partial charge < -0.3 is 9.88 Å². The van der Waals surface area contributed by atoms with Crippen LogP contribution in [0.25, 0.3) is 22.3 Å². The molecule has 1 aliphatic heterocycles. The third-order valence-corrected chi connectivity index (χ3v) is 4.42. The highest BCUT2D eigenvalue weighted by Crippen LogP contribution is 2.31. The molecule has 3 aromatic heterocycles. The Morgan fingerprint density at radius 2 is 2.00 bits per heavy atom. The van der Waals surface area contributed by atoms with Crippen LogP contribution in [-0.4, -0.2) is 32.6 Å². The van der Waals surface area contributed by atoms with E-state index in [2.05, 4.69) is 32.0 Å². The Balaban J connectivity index is 0.00000104. The van der Waals surface area contributed by atoms with Gasteiger partial charge in [0.2, 0.25) is 0 Å². The number of aryl methyl sites for hydroxylation is 1. The molecule has 7 heteroatoms. The Labute approximate surface area is 153 Å². The van der Waals surface area contributed by atoms with Crippen LogP contribution < -0.4 is 5.32 Å². The summed E-state index contributed by atoms with van der Waals surface area (Å²) in [5, 5.41) is 3.42. The average molecular weight is 366 g/mol. The SMILES string of the molecule is Cl.Cl.Cn1cnc2c(-c3cccnc3)nc(C3CCNCC3)cc21. The van der Waals surface area contributed by atoms with Crippen LogP contribution in [-0.2, 0) is 7.05 Å². The minimum Gasteiger partial charge on any atom is -0.334 e.